The van der Waals surface area contributed by atoms with Crippen molar-refractivity contribution in [2.24, 2.45) is 0 Å². The van der Waals surface area contributed by atoms with Crippen molar-refractivity contribution in [1.29, 1.82) is 0 Å². The van der Waals surface area contributed by atoms with Crippen LogP contribution < -0.4 is 10.6 Å². The fourth-order valence-corrected chi connectivity index (χ4v) is 2.86. The minimum Gasteiger partial charge on any atom is -0.354 e. The van der Waals surface area contributed by atoms with Crippen LogP contribution >= 0.6 is 0 Å². The van der Waals surface area contributed by atoms with Gasteiger partial charge in [-0.15, -0.1) is 0 Å². The van der Waals surface area contributed by atoms with Crippen LogP contribution in [0.2, 0.25) is 0 Å². The van der Waals surface area contributed by atoms with Crippen molar-refractivity contribution >= 4 is 11.8 Å². The second kappa shape index (κ2) is 9.34. The van der Waals surface area contributed by atoms with Gasteiger partial charge in [0.25, 0.3) is 5.91 Å². The van der Waals surface area contributed by atoms with Crippen LogP contribution in [0.5, 0.6) is 0 Å². The van der Waals surface area contributed by atoms with Crippen LogP contribution in [0.1, 0.15) is 15.9 Å². The number of nitrogens with one attached hydrogen (secondary N) is 2. The fraction of sp³-hybridized carbons (Fsp3) is 0.130. The number of carbonyl (C=O) groups excluding carboxylic acids is 2. The van der Waals surface area contributed by atoms with E-state index in [2.05, 4.69) is 10.6 Å². The van der Waals surface area contributed by atoms with Gasteiger partial charge in [0.1, 0.15) is 0 Å². The Morgan fingerprint density at radius 3 is 2.07 bits per heavy atom. The number of hydrogen-bond donors (Lipinski definition) is 2. The van der Waals surface area contributed by atoms with E-state index in [9.17, 15) is 9.59 Å². The molecule has 0 heterocycles. The maximum atomic E-state index is 12.5. The zero-order valence-corrected chi connectivity index (χ0v) is 15.0. The van der Waals surface area contributed by atoms with Crippen LogP contribution in [0.25, 0.3) is 11.1 Å². The molecule has 0 saturated heterocycles. The molecule has 0 spiro atoms. The van der Waals surface area contributed by atoms with Crippen LogP contribution in [-0.2, 0) is 11.2 Å². The van der Waals surface area contributed by atoms with E-state index < -0.39 is 0 Å². The lowest BCUT2D eigenvalue weighted by molar-refractivity contribution is -0.120. The van der Waals surface area contributed by atoms with Gasteiger partial charge in [0.15, 0.2) is 0 Å². The van der Waals surface area contributed by atoms with Crippen molar-refractivity contribution in [2.75, 3.05) is 13.1 Å². The zero-order valence-electron chi connectivity index (χ0n) is 15.0. The molecule has 0 bridgehead atoms. The summed E-state index contributed by atoms with van der Waals surface area (Å²) in [6.45, 7) is 0.496. The molecule has 0 aromatic heterocycles. The molecule has 0 unspecified atom stereocenters. The molecule has 0 radical (unpaired) electrons. The first kappa shape index (κ1) is 18.4. The van der Waals surface area contributed by atoms with E-state index >= 15 is 0 Å². The topological polar surface area (TPSA) is 58.2 Å². The van der Waals surface area contributed by atoms with E-state index in [1.54, 1.807) is 6.07 Å². The minimum absolute atomic E-state index is 0.0449. The van der Waals surface area contributed by atoms with Gasteiger partial charge in [0, 0.05) is 12.1 Å². The molecular formula is C23H22N2O2. The molecule has 0 aliphatic rings. The molecule has 0 atom stereocenters. The van der Waals surface area contributed by atoms with E-state index in [0.717, 1.165) is 17.5 Å². The SMILES string of the molecule is O=C(CNC(=O)c1ccccc1-c1ccccc1)NCCc1ccccc1. The monoisotopic (exact) mass is 358 g/mol. The average molecular weight is 358 g/mol. The molecule has 0 saturated carbocycles. The summed E-state index contributed by atoms with van der Waals surface area (Å²) in [7, 11) is 0. The Bertz CT molecular complexity index is 893. The fourth-order valence-electron chi connectivity index (χ4n) is 2.86. The standard InChI is InChI=1S/C23H22N2O2/c26-22(24-16-15-18-9-3-1-4-10-18)17-25-23(27)21-14-8-7-13-20(21)19-11-5-2-6-12-19/h1-14H,15-17H2,(H,24,26)(H,25,27). The number of amides is 2. The minimum atomic E-state index is -0.257. The van der Waals surface area contributed by atoms with Gasteiger partial charge in [-0.05, 0) is 29.2 Å². The van der Waals surface area contributed by atoms with Gasteiger partial charge in [-0.3, -0.25) is 9.59 Å². The first-order chi connectivity index (χ1) is 13.2. The molecule has 3 aromatic rings. The first-order valence-corrected chi connectivity index (χ1v) is 8.97. The van der Waals surface area contributed by atoms with Crippen molar-refractivity contribution in [3.8, 4) is 11.1 Å². The highest BCUT2D eigenvalue weighted by Gasteiger charge is 2.13. The quantitative estimate of drug-likeness (QED) is 0.680. The molecule has 4 nitrogen and oxygen atoms in total. The molecule has 2 N–H and O–H groups in total. The van der Waals surface area contributed by atoms with E-state index in [0.29, 0.717) is 12.1 Å². The Labute approximate surface area is 159 Å². The average Bonchev–Trinajstić information content (AvgIpc) is 2.73. The Morgan fingerprint density at radius 1 is 0.704 bits per heavy atom. The number of carbonyl (C=O) groups is 2. The lowest BCUT2D eigenvalue weighted by Crippen LogP contribution is -2.37. The van der Waals surface area contributed by atoms with Crippen LogP contribution in [-0.4, -0.2) is 24.9 Å². The second-order valence-corrected chi connectivity index (χ2v) is 6.18. The Hall–Kier alpha value is -3.40. The van der Waals surface area contributed by atoms with Crippen molar-refractivity contribution in [3.63, 3.8) is 0 Å². The van der Waals surface area contributed by atoms with Gasteiger partial charge in [-0.25, -0.2) is 0 Å². The lowest BCUT2D eigenvalue weighted by atomic mass is 9.99. The van der Waals surface area contributed by atoms with E-state index in [1.807, 2.05) is 78.9 Å². The van der Waals surface area contributed by atoms with Crippen molar-refractivity contribution in [1.82, 2.24) is 10.6 Å². The highest BCUT2D eigenvalue weighted by atomic mass is 16.2. The van der Waals surface area contributed by atoms with Crippen LogP contribution in [0.15, 0.2) is 84.9 Å². The molecule has 2 amide bonds. The van der Waals surface area contributed by atoms with E-state index in [4.69, 9.17) is 0 Å². The normalized spacial score (nSPS) is 10.2. The van der Waals surface area contributed by atoms with E-state index in [-0.39, 0.29) is 18.4 Å². The smallest absolute Gasteiger partial charge is 0.252 e. The molecule has 0 fully saturated rings. The Kier molecular flexibility index (Phi) is 6.36. The lowest BCUT2D eigenvalue weighted by Gasteiger charge is -2.11. The summed E-state index contributed by atoms with van der Waals surface area (Å²) >= 11 is 0. The summed E-state index contributed by atoms with van der Waals surface area (Å²) in [5, 5.41) is 5.54. The molecule has 0 aliphatic heterocycles. The van der Waals surface area contributed by atoms with Crippen molar-refractivity contribution < 1.29 is 9.59 Å². The third kappa shape index (κ3) is 5.28. The summed E-state index contributed by atoms with van der Waals surface area (Å²) in [4.78, 5) is 24.5. The number of rotatable bonds is 7. The number of hydrogen-bond acceptors (Lipinski definition) is 2. The predicted octanol–water partition coefficient (Wildman–Crippen LogP) is 3.44. The highest BCUT2D eigenvalue weighted by molar-refractivity contribution is 6.02. The van der Waals surface area contributed by atoms with Gasteiger partial charge >= 0.3 is 0 Å². The van der Waals surface area contributed by atoms with Crippen molar-refractivity contribution in [3.05, 3.63) is 96.1 Å². The van der Waals surface area contributed by atoms with Crippen LogP contribution in [0, 0.1) is 0 Å². The molecule has 27 heavy (non-hydrogen) atoms. The third-order valence-corrected chi connectivity index (χ3v) is 4.24. The summed E-state index contributed by atoms with van der Waals surface area (Å²) < 4.78 is 0. The summed E-state index contributed by atoms with van der Waals surface area (Å²) in [5.74, 6) is -0.455. The zero-order chi connectivity index (χ0) is 18.9. The number of benzene rings is 3. The molecule has 3 aromatic carbocycles. The third-order valence-electron chi connectivity index (χ3n) is 4.24. The van der Waals surface area contributed by atoms with Crippen LogP contribution in [0.4, 0.5) is 0 Å². The second-order valence-electron chi connectivity index (χ2n) is 6.18. The molecule has 136 valence electrons. The molecule has 4 heteroatoms. The predicted molar refractivity (Wildman–Crippen MR) is 107 cm³/mol. The van der Waals surface area contributed by atoms with Gasteiger partial charge in [0.2, 0.25) is 5.91 Å². The first-order valence-electron chi connectivity index (χ1n) is 8.97. The highest BCUT2D eigenvalue weighted by Crippen LogP contribution is 2.23. The Morgan fingerprint density at radius 2 is 1.33 bits per heavy atom. The molecule has 0 aliphatic carbocycles. The summed E-state index contributed by atoms with van der Waals surface area (Å²) in [5.41, 5.74) is 3.54. The van der Waals surface area contributed by atoms with Gasteiger partial charge in [-0.2, -0.15) is 0 Å². The van der Waals surface area contributed by atoms with E-state index in [1.165, 1.54) is 5.56 Å². The maximum absolute atomic E-state index is 12.5. The summed E-state index contributed by atoms with van der Waals surface area (Å²) in [6, 6.07) is 27.1. The van der Waals surface area contributed by atoms with Gasteiger partial charge in [0.05, 0.1) is 6.54 Å². The molecular weight excluding hydrogens is 336 g/mol. The van der Waals surface area contributed by atoms with Crippen LogP contribution in [0.3, 0.4) is 0 Å². The maximum Gasteiger partial charge on any atom is 0.252 e. The van der Waals surface area contributed by atoms with Gasteiger partial charge in [-0.1, -0.05) is 78.9 Å². The molecule has 3 rings (SSSR count). The largest absolute Gasteiger partial charge is 0.354 e. The Balaban J connectivity index is 1.53. The van der Waals surface area contributed by atoms with Crippen molar-refractivity contribution in [2.45, 2.75) is 6.42 Å². The summed E-state index contributed by atoms with van der Waals surface area (Å²) in [6.07, 6.45) is 0.761. The van der Waals surface area contributed by atoms with Gasteiger partial charge < -0.3 is 10.6 Å².